The molecular formula is C22H19N5O4. The smallest absolute Gasteiger partial charge is 0.336 e. The number of carboxylic acids is 2. The van der Waals surface area contributed by atoms with Gasteiger partial charge in [0.1, 0.15) is 5.82 Å². The van der Waals surface area contributed by atoms with Crippen molar-refractivity contribution in [3.63, 3.8) is 0 Å². The van der Waals surface area contributed by atoms with E-state index in [1.54, 1.807) is 43.5 Å². The van der Waals surface area contributed by atoms with Crippen LogP contribution in [-0.4, -0.2) is 37.1 Å². The Morgan fingerprint density at radius 2 is 1.74 bits per heavy atom. The maximum Gasteiger partial charge on any atom is 0.336 e. The van der Waals surface area contributed by atoms with Crippen LogP contribution in [0.15, 0.2) is 42.6 Å². The molecule has 0 amide bonds. The van der Waals surface area contributed by atoms with E-state index in [0.29, 0.717) is 32.9 Å². The summed E-state index contributed by atoms with van der Waals surface area (Å²) < 4.78 is 0. The monoisotopic (exact) mass is 417 g/mol. The molecule has 9 nitrogen and oxygen atoms in total. The predicted octanol–water partition coefficient (Wildman–Crippen LogP) is 2.76. The van der Waals surface area contributed by atoms with E-state index in [0.717, 1.165) is 5.56 Å². The molecule has 2 heterocycles. The number of rotatable bonds is 5. The summed E-state index contributed by atoms with van der Waals surface area (Å²) in [4.78, 5) is 36.2. The number of aromatic carboxylic acids is 1. The number of hydrogen-bond donors (Lipinski definition) is 4. The number of nitrogens with zero attached hydrogens (tertiary/aromatic N) is 3. The van der Waals surface area contributed by atoms with E-state index in [1.165, 1.54) is 6.07 Å². The molecule has 0 spiro atoms. The molecule has 156 valence electrons. The number of hydrogen-bond acceptors (Lipinski definition) is 7. The number of fused-ring (bicyclic) bond motifs is 2. The maximum atomic E-state index is 12.3. The fourth-order valence-electron chi connectivity index (χ4n) is 3.90. The topological polar surface area (TPSA) is 165 Å². The number of aromatic nitrogens is 3. The Morgan fingerprint density at radius 1 is 1.03 bits per heavy atom. The number of carbonyl (C=O) groups is 2. The Kier molecular flexibility index (Phi) is 4.86. The second-order valence-electron chi connectivity index (χ2n) is 7.22. The third-order valence-corrected chi connectivity index (χ3v) is 5.42. The summed E-state index contributed by atoms with van der Waals surface area (Å²) in [6, 6.07) is 9.88. The number of nitrogens with two attached hydrogens (primary N) is 2. The van der Waals surface area contributed by atoms with Crippen molar-refractivity contribution in [1.82, 2.24) is 15.0 Å². The normalized spacial score (nSPS) is 12.2. The van der Waals surface area contributed by atoms with Gasteiger partial charge in [-0.1, -0.05) is 30.3 Å². The van der Waals surface area contributed by atoms with Gasteiger partial charge in [-0.05, 0) is 46.9 Å². The molecule has 6 N–H and O–H groups in total. The Hall–Kier alpha value is -4.27. The molecule has 0 aliphatic rings. The lowest BCUT2D eigenvalue weighted by Gasteiger charge is -2.18. The molecule has 31 heavy (non-hydrogen) atoms. The van der Waals surface area contributed by atoms with Gasteiger partial charge in [0.05, 0.1) is 16.9 Å². The van der Waals surface area contributed by atoms with E-state index < -0.39 is 17.9 Å². The first kappa shape index (κ1) is 20.0. The van der Waals surface area contributed by atoms with Crippen molar-refractivity contribution in [3.05, 3.63) is 64.8 Å². The number of benzene rings is 2. The average Bonchev–Trinajstić information content (AvgIpc) is 2.72. The molecule has 2 aromatic heterocycles. The fourth-order valence-corrected chi connectivity index (χ4v) is 3.90. The number of aliphatic carboxylic acids is 1. The summed E-state index contributed by atoms with van der Waals surface area (Å²) in [6.07, 6.45) is 1.69. The lowest BCUT2D eigenvalue weighted by atomic mass is 9.86. The van der Waals surface area contributed by atoms with E-state index in [1.807, 2.05) is 0 Å². The molecule has 0 saturated heterocycles. The fraction of sp³-hybridized carbons (Fsp3) is 0.136. The molecule has 4 aromatic rings. The van der Waals surface area contributed by atoms with Gasteiger partial charge in [0.2, 0.25) is 5.95 Å². The zero-order valence-corrected chi connectivity index (χ0v) is 16.5. The maximum absolute atomic E-state index is 12.3. The zero-order chi connectivity index (χ0) is 22.3. The van der Waals surface area contributed by atoms with Gasteiger partial charge in [0, 0.05) is 6.20 Å². The first-order valence-corrected chi connectivity index (χ1v) is 9.42. The third-order valence-electron chi connectivity index (χ3n) is 5.42. The Bertz CT molecular complexity index is 1370. The summed E-state index contributed by atoms with van der Waals surface area (Å²) in [7, 11) is 0. The van der Waals surface area contributed by atoms with Crippen LogP contribution in [-0.2, 0) is 11.2 Å². The van der Waals surface area contributed by atoms with Crippen LogP contribution in [0.5, 0.6) is 0 Å². The molecule has 0 saturated carbocycles. The van der Waals surface area contributed by atoms with Crippen molar-refractivity contribution < 1.29 is 19.8 Å². The van der Waals surface area contributed by atoms with Crippen LogP contribution in [0, 0.1) is 6.92 Å². The molecular weight excluding hydrogens is 398 g/mol. The van der Waals surface area contributed by atoms with Gasteiger partial charge in [-0.2, -0.15) is 9.97 Å². The summed E-state index contributed by atoms with van der Waals surface area (Å²) in [6.45, 7) is 1.81. The van der Waals surface area contributed by atoms with Gasteiger partial charge in [-0.25, -0.2) is 9.78 Å². The first-order chi connectivity index (χ1) is 14.8. The third kappa shape index (κ3) is 3.46. The minimum Gasteiger partial charge on any atom is -0.481 e. The van der Waals surface area contributed by atoms with Gasteiger partial charge < -0.3 is 21.7 Å². The van der Waals surface area contributed by atoms with Gasteiger partial charge in [0.25, 0.3) is 0 Å². The van der Waals surface area contributed by atoms with Gasteiger partial charge in [-0.15, -0.1) is 0 Å². The van der Waals surface area contributed by atoms with E-state index in [2.05, 4.69) is 15.0 Å². The highest BCUT2D eigenvalue weighted by Crippen LogP contribution is 2.33. The SMILES string of the molecule is Cc1c(CC(C(=O)O)c2ccc(C(=O)O)c3ccccc23)cnc2nc(N)nc(N)c12. The van der Waals surface area contributed by atoms with Crippen LogP contribution in [0.1, 0.15) is 33.0 Å². The van der Waals surface area contributed by atoms with Crippen LogP contribution < -0.4 is 11.5 Å². The second kappa shape index (κ2) is 7.52. The van der Waals surface area contributed by atoms with E-state index in [4.69, 9.17) is 11.5 Å². The molecule has 0 aliphatic carbocycles. The molecule has 0 bridgehead atoms. The molecule has 1 unspecified atom stereocenters. The minimum absolute atomic E-state index is 0.0121. The van der Waals surface area contributed by atoms with Crippen molar-refractivity contribution >= 4 is 45.5 Å². The average molecular weight is 417 g/mol. The summed E-state index contributed by atoms with van der Waals surface area (Å²) in [5.41, 5.74) is 14.0. The van der Waals surface area contributed by atoms with Gasteiger partial charge in [-0.3, -0.25) is 4.79 Å². The van der Waals surface area contributed by atoms with E-state index in [9.17, 15) is 19.8 Å². The van der Waals surface area contributed by atoms with Gasteiger partial charge >= 0.3 is 11.9 Å². The summed E-state index contributed by atoms with van der Waals surface area (Å²) in [5, 5.41) is 21.1. The highest BCUT2D eigenvalue weighted by Gasteiger charge is 2.25. The van der Waals surface area contributed by atoms with Crippen molar-refractivity contribution in [3.8, 4) is 0 Å². The number of nitrogen functional groups attached to an aromatic ring is 2. The number of anilines is 2. The second-order valence-corrected chi connectivity index (χ2v) is 7.22. The molecule has 1 atom stereocenters. The number of carboxylic acid groups (broad SMARTS) is 2. The van der Waals surface area contributed by atoms with Crippen molar-refractivity contribution in [2.24, 2.45) is 0 Å². The standard InChI is InChI=1S/C22H19N5O4/c1-10-11(9-25-19-17(10)18(23)26-22(24)27-19)8-16(21(30)31)14-6-7-15(20(28)29)13-5-3-2-4-12(13)14/h2-7,9,16H,8H2,1H3,(H,28,29)(H,30,31)(H4,23,24,25,26,27). The highest BCUT2D eigenvalue weighted by molar-refractivity contribution is 6.05. The molecule has 2 aromatic carbocycles. The molecule has 0 radical (unpaired) electrons. The Balaban J connectivity index is 1.86. The number of aryl methyl sites for hydroxylation is 1. The van der Waals surface area contributed by atoms with Crippen LogP contribution in [0.4, 0.5) is 11.8 Å². The minimum atomic E-state index is -1.07. The van der Waals surface area contributed by atoms with E-state index in [-0.39, 0.29) is 23.8 Å². The predicted molar refractivity (Wildman–Crippen MR) is 116 cm³/mol. The molecule has 0 fully saturated rings. The lowest BCUT2D eigenvalue weighted by Crippen LogP contribution is -2.16. The van der Waals surface area contributed by atoms with Crippen LogP contribution >= 0.6 is 0 Å². The van der Waals surface area contributed by atoms with Crippen LogP contribution in [0.25, 0.3) is 21.8 Å². The van der Waals surface area contributed by atoms with E-state index >= 15 is 0 Å². The van der Waals surface area contributed by atoms with Gasteiger partial charge in [0.15, 0.2) is 5.65 Å². The van der Waals surface area contributed by atoms with Crippen molar-refractivity contribution in [1.29, 1.82) is 0 Å². The number of pyridine rings is 1. The Morgan fingerprint density at radius 3 is 2.42 bits per heavy atom. The molecule has 9 heteroatoms. The quantitative estimate of drug-likeness (QED) is 0.382. The largest absolute Gasteiger partial charge is 0.481 e. The summed E-state index contributed by atoms with van der Waals surface area (Å²) in [5.74, 6) is -2.84. The highest BCUT2D eigenvalue weighted by atomic mass is 16.4. The first-order valence-electron chi connectivity index (χ1n) is 9.42. The summed E-state index contributed by atoms with van der Waals surface area (Å²) >= 11 is 0. The Labute approximate surface area is 176 Å². The molecule has 4 rings (SSSR count). The van der Waals surface area contributed by atoms with Crippen LogP contribution in [0.2, 0.25) is 0 Å². The van der Waals surface area contributed by atoms with Crippen molar-refractivity contribution in [2.45, 2.75) is 19.3 Å². The zero-order valence-electron chi connectivity index (χ0n) is 16.5. The molecule has 0 aliphatic heterocycles. The lowest BCUT2D eigenvalue weighted by molar-refractivity contribution is -0.138. The van der Waals surface area contributed by atoms with Crippen molar-refractivity contribution in [2.75, 3.05) is 11.5 Å². The van der Waals surface area contributed by atoms with Crippen LogP contribution in [0.3, 0.4) is 0 Å².